The molecule has 0 aliphatic carbocycles. The number of hydrogen-bond donors (Lipinski definition) is 0. The molecule has 0 fully saturated rings. The molecule has 0 unspecified atom stereocenters. The Morgan fingerprint density at radius 1 is 1.06 bits per heavy atom. The van der Waals surface area contributed by atoms with E-state index in [0.29, 0.717) is 11.8 Å². The van der Waals surface area contributed by atoms with Gasteiger partial charge in [0.25, 0.3) is 0 Å². The number of rotatable bonds is 5. The van der Waals surface area contributed by atoms with Crippen molar-refractivity contribution >= 4 is 37.9 Å². The number of halogens is 2. The Kier molecular flexibility index (Phi) is 6.65. The third-order valence-corrected chi connectivity index (χ3v) is 4.17. The molecule has 0 radical (unpaired) electrons. The third-order valence-electron chi connectivity index (χ3n) is 3.71. The van der Waals surface area contributed by atoms with E-state index in [1.54, 1.807) is 0 Å². The molecule has 0 nitrogen and oxygen atoms in total. The predicted octanol–water partition coefficient (Wildman–Crippen LogP) is 6.80. The van der Waals surface area contributed by atoms with E-state index >= 15 is 0 Å². The summed E-state index contributed by atoms with van der Waals surface area (Å²) in [4.78, 5) is 0. The summed E-state index contributed by atoms with van der Waals surface area (Å²) >= 11 is 7.00. The summed E-state index contributed by atoms with van der Waals surface area (Å²) < 4.78 is 1.01. The van der Waals surface area contributed by atoms with Gasteiger partial charge in [-0.25, -0.2) is 0 Å². The molecule has 0 N–H and O–H groups in total. The van der Waals surface area contributed by atoms with Crippen LogP contribution >= 0.6 is 31.9 Å². The minimum Gasteiger partial charge on any atom is -0.0648 e. The maximum absolute atomic E-state index is 3.50. The van der Waals surface area contributed by atoms with Crippen molar-refractivity contribution in [3.8, 4) is 0 Å². The lowest BCUT2D eigenvalue weighted by Gasteiger charge is -2.20. The van der Waals surface area contributed by atoms with Crippen LogP contribution in [0.25, 0.3) is 6.08 Å². The number of hydrogen-bond acceptors (Lipinski definition) is 0. The van der Waals surface area contributed by atoms with E-state index in [9.17, 15) is 0 Å². The predicted molar refractivity (Wildman–Crippen MR) is 89.7 cm³/mol. The lowest BCUT2D eigenvalue weighted by molar-refractivity contribution is 0.708. The summed E-state index contributed by atoms with van der Waals surface area (Å²) in [6, 6.07) is 6.71. The summed E-state index contributed by atoms with van der Waals surface area (Å²) in [7, 11) is 0. The van der Waals surface area contributed by atoms with Crippen molar-refractivity contribution in [3.63, 3.8) is 0 Å². The van der Waals surface area contributed by atoms with Crippen molar-refractivity contribution < 1.29 is 0 Å². The van der Waals surface area contributed by atoms with Crippen LogP contribution in [0, 0.1) is 0 Å². The Hall–Kier alpha value is -0.0800. The van der Waals surface area contributed by atoms with Crippen molar-refractivity contribution in [1.82, 2.24) is 0 Å². The van der Waals surface area contributed by atoms with Gasteiger partial charge in [-0.2, -0.15) is 0 Å². The fraction of sp³-hybridized carbons (Fsp3) is 0.500. The zero-order valence-electron chi connectivity index (χ0n) is 11.6. The standard InChI is InChI=1S/C16H22Br2/c1-5-11(3)13-8-7-9-14(12(4)6-2)15(13)10-16(17)18/h7-12H,5-6H2,1-4H3/t11-,12-/m0/s1. The summed E-state index contributed by atoms with van der Waals surface area (Å²) in [6.45, 7) is 9.10. The van der Waals surface area contributed by atoms with E-state index in [2.05, 4.69) is 83.8 Å². The van der Waals surface area contributed by atoms with Gasteiger partial charge in [-0.15, -0.1) is 0 Å². The van der Waals surface area contributed by atoms with Crippen molar-refractivity contribution in [2.45, 2.75) is 52.4 Å². The second kappa shape index (κ2) is 7.49. The van der Waals surface area contributed by atoms with Crippen LogP contribution in [0.15, 0.2) is 21.6 Å². The smallest absolute Gasteiger partial charge is 0.0610 e. The van der Waals surface area contributed by atoms with Gasteiger partial charge in [-0.05, 0) is 79.3 Å². The third kappa shape index (κ3) is 3.96. The first kappa shape index (κ1) is 16.0. The molecule has 0 spiro atoms. The van der Waals surface area contributed by atoms with Crippen LogP contribution in [0.1, 0.15) is 69.1 Å². The lowest BCUT2D eigenvalue weighted by Crippen LogP contribution is -2.02. The average molecular weight is 374 g/mol. The van der Waals surface area contributed by atoms with Crippen LogP contribution < -0.4 is 0 Å². The minimum absolute atomic E-state index is 0.597. The van der Waals surface area contributed by atoms with E-state index in [1.165, 1.54) is 29.5 Å². The second-order valence-electron chi connectivity index (χ2n) is 4.90. The van der Waals surface area contributed by atoms with Crippen molar-refractivity contribution in [2.75, 3.05) is 0 Å². The van der Waals surface area contributed by atoms with Crippen LogP contribution in [0.3, 0.4) is 0 Å². The molecule has 100 valence electrons. The highest BCUT2D eigenvalue weighted by atomic mass is 79.9. The first-order valence-corrected chi connectivity index (χ1v) is 8.25. The SMILES string of the molecule is CC[C@H](C)c1cccc([C@@H](C)CC)c1C=C(Br)Br. The van der Waals surface area contributed by atoms with Gasteiger partial charge in [-0.3, -0.25) is 0 Å². The fourth-order valence-corrected chi connectivity index (χ4v) is 2.63. The van der Waals surface area contributed by atoms with Crippen molar-refractivity contribution in [2.24, 2.45) is 0 Å². The molecule has 18 heavy (non-hydrogen) atoms. The average Bonchev–Trinajstić information content (AvgIpc) is 2.36. The molecule has 0 heterocycles. The van der Waals surface area contributed by atoms with Gasteiger partial charge in [0.2, 0.25) is 0 Å². The van der Waals surface area contributed by atoms with Crippen LogP contribution in [0.4, 0.5) is 0 Å². The van der Waals surface area contributed by atoms with E-state index in [4.69, 9.17) is 0 Å². The van der Waals surface area contributed by atoms with Gasteiger partial charge >= 0.3 is 0 Å². The second-order valence-corrected chi connectivity index (χ2v) is 7.68. The molecule has 0 aromatic heterocycles. The monoisotopic (exact) mass is 372 g/mol. The zero-order chi connectivity index (χ0) is 13.7. The highest BCUT2D eigenvalue weighted by Gasteiger charge is 2.14. The lowest BCUT2D eigenvalue weighted by atomic mass is 9.86. The van der Waals surface area contributed by atoms with Gasteiger partial charge in [0.1, 0.15) is 0 Å². The van der Waals surface area contributed by atoms with E-state index in [0.717, 1.165) is 3.39 Å². The first-order valence-electron chi connectivity index (χ1n) is 6.66. The summed E-state index contributed by atoms with van der Waals surface area (Å²) in [6.07, 6.45) is 4.54. The molecule has 1 aromatic rings. The Labute approximate surface area is 128 Å². The summed E-state index contributed by atoms with van der Waals surface area (Å²) in [5.41, 5.74) is 4.28. The Morgan fingerprint density at radius 3 is 1.83 bits per heavy atom. The van der Waals surface area contributed by atoms with Crippen LogP contribution in [0.5, 0.6) is 0 Å². The van der Waals surface area contributed by atoms with E-state index < -0.39 is 0 Å². The van der Waals surface area contributed by atoms with E-state index in [-0.39, 0.29) is 0 Å². The normalized spacial score (nSPS) is 14.1. The van der Waals surface area contributed by atoms with E-state index in [1.807, 2.05) is 0 Å². The molecule has 0 saturated heterocycles. The Morgan fingerprint density at radius 2 is 1.50 bits per heavy atom. The molecular formula is C16H22Br2. The molecule has 0 bridgehead atoms. The van der Waals surface area contributed by atoms with Gasteiger partial charge in [0, 0.05) is 0 Å². The van der Waals surface area contributed by atoms with Crippen molar-refractivity contribution in [1.29, 1.82) is 0 Å². The molecule has 1 aromatic carbocycles. The number of benzene rings is 1. The van der Waals surface area contributed by atoms with Gasteiger partial charge in [-0.1, -0.05) is 45.9 Å². The van der Waals surface area contributed by atoms with Gasteiger partial charge in [0.15, 0.2) is 0 Å². The maximum atomic E-state index is 3.50. The highest BCUT2D eigenvalue weighted by Crippen LogP contribution is 2.33. The Bertz CT molecular complexity index is 389. The molecule has 2 heteroatoms. The van der Waals surface area contributed by atoms with Crippen molar-refractivity contribution in [3.05, 3.63) is 38.3 Å². The van der Waals surface area contributed by atoms with Gasteiger partial charge < -0.3 is 0 Å². The minimum atomic E-state index is 0.597. The van der Waals surface area contributed by atoms with Crippen LogP contribution in [0.2, 0.25) is 0 Å². The maximum Gasteiger partial charge on any atom is 0.0610 e. The zero-order valence-corrected chi connectivity index (χ0v) is 14.8. The molecule has 0 aliphatic rings. The quantitative estimate of drug-likeness (QED) is 0.532. The molecule has 1 rings (SSSR count). The Balaban J connectivity index is 3.39. The summed E-state index contributed by atoms with van der Waals surface area (Å²) in [5, 5.41) is 0. The first-order chi connectivity index (χ1) is 8.51. The van der Waals surface area contributed by atoms with Gasteiger partial charge in [0.05, 0.1) is 3.39 Å². The topological polar surface area (TPSA) is 0 Å². The largest absolute Gasteiger partial charge is 0.0648 e. The highest BCUT2D eigenvalue weighted by molar-refractivity contribution is 9.28. The molecule has 2 atom stereocenters. The molecule has 0 aliphatic heterocycles. The molecule has 0 amide bonds. The molecule has 0 saturated carbocycles. The molecular weight excluding hydrogens is 352 g/mol. The fourth-order valence-electron chi connectivity index (χ4n) is 2.18. The summed E-state index contributed by atoms with van der Waals surface area (Å²) in [5.74, 6) is 1.19. The van der Waals surface area contributed by atoms with Crippen LogP contribution in [-0.2, 0) is 0 Å². The van der Waals surface area contributed by atoms with Crippen LogP contribution in [-0.4, -0.2) is 0 Å².